The Labute approximate surface area is 134 Å². The predicted octanol–water partition coefficient (Wildman–Crippen LogP) is 2.53. The number of para-hydroxylation sites is 1. The summed E-state index contributed by atoms with van der Waals surface area (Å²) in [6, 6.07) is 9.55. The Hall–Kier alpha value is -2.89. The van der Waals surface area contributed by atoms with Gasteiger partial charge in [0.25, 0.3) is 0 Å². The minimum absolute atomic E-state index is 0.102. The van der Waals surface area contributed by atoms with Gasteiger partial charge in [-0.15, -0.1) is 0 Å². The highest BCUT2D eigenvalue weighted by Gasteiger charge is 2.11. The fourth-order valence-electron chi connectivity index (χ4n) is 2.48. The molecular formula is C17H19N5O. The summed E-state index contributed by atoms with van der Waals surface area (Å²) in [4.78, 5) is 16.5. The fraction of sp³-hybridized carbons (Fsp3) is 0.235. The number of aryl methyl sites for hydroxylation is 1. The number of hydrogen-bond acceptors (Lipinski definition) is 3. The van der Waals surface area contributed by atoms with E-state index in [4.69, 9.17) is 0 Å². The second-order valence-corrected chi connectivity index (χ2v) is 5.49. The van der Waals surface area contributed by atoms with Crippen molar-refractivity contribution in [3.05, 3.63) is 60.0 Å². The fourth-order valence-corrected chi connectivity index (χ4v) is 2.48. The molecule has 23 heavy (non-hydrogen) atoms. The van der Waals surface area contributed by atoms with Crippen molar-refractivity contribution in [2.24, 2.45) is 7.05 Å². The van der Waals surface area contributed by atoms with Gasteiger partial charge in [-0.05, 0) is 18.6 Å². The molecule has 1 unspecified atom stereocenters. The minimum Gasteiger partial charge on any atom is -0.334 e. The van der Waals surface area contributed by atoms with Crippen LogP contribution in [0.5, 0.6) is 0 Å². The Balaban J connectivity index is 1.62. The van der Waals surface area contributed by atoms with E-state index < -0.39 is 0 Å². The van der Waals surface area contributed by atoms with Crippen LogP contribution in [-0.4, -0.2) is 20.8 Å². The van der Waals surface area contributed by atoms with Crippen LogP contribution in [0.15, 0.2) is 48.9 Å². The van der Waals surface area contributed by atoms with Crippen LogP contribution in [0.3, 0.4) is 0 Å². The molecule has 6 heteroatoms. The lowest BCUT2D eigenvalue weighted by Gasteiger charge is -2.13. The SMILES string of the molecule is CC(NC(=O)NCc1cccc2cccnc12)c1cnn(C)c1. The Kier molecular flexibility index (Phi) is 4.23. The quantitative estimate of drug-likeness (QED) is 0.778. The molecule has 0 aliphatic heterocycles. The van der Waals surface area contributed by atoms with Crippen molar-refractivity contribution in [2.45, 2.75) is 19.5 Å². The Bertz CT molecular complexity index is 821. The lowest BCUT2D eigenvalue weighted by Crippen LogP contribution is -2.36. The van der Waals surface area contributed by atoms with Crippen LogP contribution in [0.1, 0.15) is 24.1 Å². The Morgan fingerprint density at radius 1 is 1.30 bits per heavy atom. The summed E-state index contributed by atoms with van der Waals surface area (Å²) in [5.41, 5.74) is 2.87. The van der Waals surface area contributed by atoms with Gasteiger partial charge in [-0.1, -0.05) is 24.3 Å². The number of fused-ring (bicyclic) bond motifs is 1. The maximum atomic E-state index is 12.1. The van der Waals surface area contributed by atoms with E-state index in [0.29, 0.717) is 6.54 Å². The Morgan fingerprint density at radius 2 is 2.13 bits per heavy atom. The molecule has 0 spiro atoms. The van der Waals surface area contributed by atoms with E-state index in [-0.39, 0.29) is 12.1 Å². The Morgan fingerprint density at radius 3 is 2.91 bits per heavy atom. The first-order valence-electron chi connectivity index (χ1n) is 7.49. The number of nitrogens with zero attached hydrogens (tertiary/aromatic N) is 3. The summed E-state index contributed by atoms with van der Waals surface area (Å²) in [7, 11) is 1.85. The molecular weight excluding hydrogens is 290 g/mol. The van der Waals surface area contributed by atoms with E-state index in [1.165, 1.54) is 0 Å². The maximum absolute atomic E-state index is 12.1. The lowest BCUT2D eigenvalue weighted by atomic mass is 10.1. The van der Waals surface area contributed by atoms with E-state index in [1.807, 2.05) is 50.5 Å². The molecule has 1 atom stereocenters. The van der Waals surface area contributed by atoms with Crippen molar-refractivity contribution in [1.29, 1.82) is 0 Å². The van der Waals surface area contributed by atoms with Crippen LogP contribution in [0.4, 0.5) is 4.79 Å². The van der Waals surface area contributed by atoms with E-state index in [2.05, 4.69) is 20.7 Å². The van der Waals surface area contributed by atoms with Crippen molar-refractivity contribution in [2.75, 3.05) is 0 Å². The molecule has 6 nitrogen and oxygen atoms in total. The number of carbonyl (C=O) groups is 1. The second kappa shape index (κ2) is 6.48. The number of amides is 2. The summed E-state index contributed by atoms with van der Waals surface area (Å²) in [6.45, 7) is 2.36. The van der Waals surface area contributed by atoms with E-state index in [0.717, 1.165) is 22.0 Å². The third kappa shape index (κ3) is 3.48. The molecule has 2 aromatic heterocycles. The van der Waals surface area contributed by atoms with Gasteiger partial charge >= 0.3 is 6.03 Å². The minimum atomic E-state index is -0.214. The molecule has 0 saturated heterocycles. The molecule has 0 bridgehead atoms. The average Bonchev–Trinajstić information content (AvgIpc) is 2.99. The van der Waals surface area contributed by atoms with Crippen LogP contribution in [-0.2, 0) is 13.6 Å². The number of hydrogen-bond donors (Lipinski definition) is 2. The summed E-state index contributed by atoms with van der Waals surface area (Å²) >= 11 is 0. The van der Waals surface area contributed by atoms with Crippen LogP contribution < -0.4 is 10.6 Å². The van der Waals surface area contributed by atoms with Crippen LogP contribution >= 0.6 is 0 Å². The van der Waals surface area contributed by atoms with Gasteiger partial charge in [0.15, 0.2) is 0 Å². The highest BCUT2D eigenvalue weighted by Crippen LogP contribution is 2.15. The van der Waals surface area contributed by atoms with Crippen molar-refractivity contribution in [3.63, 3.8) is 0 Å². The molecule has 2 amide bonds. The average molecular weight is 309 g/mol. The normalized spacial score (nSPS) is 12.1. The molecule has 3 rings (SSSR count). The van der Waals surface area contributed by atoms with E-state index in [1.54, 1.807) is 17.1 Å². The smallest absolute Gasteiger partial charge is 0.315 e. The first-order valence-corrected chi connectivity index (χ1v) is 7.49. The third-order valence-electron chi connectivity index (χ3n) is 3.73. The van der Waals surface area contributed by atoms with Crippen molar-refractivity contribution < 1.29 is 4.79 Å². The molecule has 118 valence electrons. The molecule has 0 radical (unpaired) electrons. The van der Waals surface area contributed by atoms with Gasteiger partial charge in [-0.3, -0.25) is 9.67 Å². The highest BCUT2D eigenvalue weighted by atomic mass is 16.2. The van der Waals surface area contributed by atoms with Gasteiger partial charge in [0.1, 0.15) is 0 Å². The number of carbonyl (C=O) groups excluding carboxylic acids is 1. The summed E-state index contributed by atoms with van der Waals surface area (Å²) in [5, 5.41) is 11.0. The van der Waals surface area contributed by atoms with Gasteiger partial charge < -0.3 is 10.6 Å². The molecule has 2 heterocycles. The third-order valence-corrected chi connectivity index (χ3v) is 3.73. The zero-order valence-electron chi connectivity index (χ0n) is 13.2. The first kappa shape index (κ1) is 15.0. The second-order valence-electron chi connectivity index (χ2n) is 5.49. The first-order chi connectivity index (χ1) is 11.1. The number of nitrogens with one attached hydrogen (secondary N) is 2. The van der Waals surface area contributed by atoms with Gasteiger partial charge in [0.05, 0.1) is 17.8 Å². The summed E-state index contributed by atoms with van der Waals surface area (Å²) in [5.74, 6) is 0. The molecule has 2 N–H and O–H groups in total. The van der Waals surface area contributed by atoms with Gasteiger partial charge in [0.2, 0.25) is 0 Å². The summed E-state index contributed by atoms with van der Waals surface area (Å²) in [6.07, 6.45) is 5.40. The standard InChI is InChI=1S/C17H19N5O/c1-12(15-10-20-22(2)11-15)21-17(23)19-9-14-6-3-5-13-7-4-8-18-16(13)14/h3-8,10-12H,9H2,1-2H3,(H2,19,21,23). The maximum Gasteiger partial charge on any atom is 0.315 e. The number of rotatable bonds is 4. The van der Waals surface area contributed by atoms with Crippen LogP contribution in [0.2, 0.25) is 0 Å². The van der Waals surface area contributed by atoms with Gasteiger partial charge in [-0.2, -0.15) is 5.10 Å². The lowest BCUT2D eigenvalue weighted by molar-refractivity contribution is 0.237. The zero-order chi connectivity index (χ0) is 16.2. The zero-order valence-corrected chi connectivity index (χ0v) is 13.2. The molecule has 1 aromatic carbocycles. The molecule has 0 fully saturated rings. The molecule has 0 aliphatic rings. The topological polar surface area (TPSA) is 71.8 Å². The van der Waals surface area contributed by atoms with Crippen molar-refractivity contribution in [1.82, 2.24) is 25.4 Å². The van der Waals surface area contributed by atoms with E-state index >= 15 is 0 Å². The van der Waals surface area contributed by atoms with Crippen LogP contribution in [0.25, 0.3) is 10.9 Å². The summed E-state index contributed by atoms with van der Waals surface area (Å²) < 4.78 is 1.72. The van der Waals surface area contributed by atoms with Gasteiger partial charge in [-0.25, -0.2) is 4.79 Å². The largest absolute Gasteiger partial charge is 0.334 e. The molecule has 3 aromatic rings. The van der Waals surface area contributed by atoms with Crippen LogP contribution in [0, 0.1) is 0 Å². The number of pyridine rings is 1. The van der Waals surface area contributed by atoms with Crippen molar-refractivity contribution in [3.8, 4) is 0 Å². The number of benzene rings is 1. The monoisotopic (exact) mass is 309 g/mol. The number of urea groups is 1. The van der Waals surface area contributed by atoms with E-state index in [9.17, 15) is 4.79 Å². The highest BCUT2D eigenvalue weighted by molar-refractivity contribution is 5.82. The molecule has 0 saturated carbocycles. The number of aromatic nitrogens is 3. The van der Waals surface area contributed by atoms with Gasteiger partial charge in [0, 0.05) is 36.9 Å². The predicted molar refractivity (Wildman–Crippen MR) is 88.7 cm³/mol. The van der Waals surface area contributed by atoms with Crippen molar-refractivity contribution >= 4 is 16.9 Å². The molecule has 0 aliphatic carbocycles.